The average Bonchev–Trinajstić information content (AvgIpc) is 3.18. The first-order valence-corrected chi connectivity index (χ1v) is 10.4. The number of pyridine rings is 2. The highest BCUT2D eigenvalue weighted by Crippen LogP contribution is 2.37. The van der Waals surface area contributed by atoms with Crippen LogP contribution in [0.25, 0.3) is 11.1 Å². The van der Waals surface area contributed by atoms with Gasteiger partial charge in [0.15, 0.2) is 0 Å². The Kier molecular flexibility index (Phi) is 5.91. The molecule has 1 aliphatic rings. The molecule has 3 aromatic rings. The molecule has 2 aromatic heterocycles. The van der Waals surface area contributed by atoms with Crippen molar-refractivity contribution < 1.29 is 4.79 Å². The van der Waals surface area contributed by atoms with E-state index in [0.29, 0.717) is 0 Å². The lowest BCUT2D eigenvalue weighted by Crippen LogP contribution is -2.43. The summed E-state index contributed by atoms with van der Waals surface area (Å²) in [5, 5.41) is 0. The van der Waals surface area contributed by atoms with E-state index in [4.69, 9.17) is 0 Å². The molecular weight excluding hydrogens is 372 g/mol. The Hall–Kier alpha value is -3.05. The molecule has 30 heavy (non-hydrogen) atoms. The number of hydrogen-bond donors (Lipinski definition) is 0. The van der Waals surface area contributed by atoms with Crippen LogP contribution in [0.1, 0.15) is 17.7 Å². The summed E-state index contributed by atoms with van der Waals surface area (Å²) in [6.07, 6.45) is 7.06. The van der Waals surface area contributed by atoms with Crippen molar-refractivity contribution in [2.24, 2.45) is 5.41 Å². The van der Waals surface area contributed by atoms with Gasteiger partial charge in [0.25, 0.3) is 0 Å². The fourth-order valence-corrected chi connectivity index (χ4v) is 4.43. The number of hydrogen-bond acceptors (Lipinski definition) is 4. The van der Waals surface area contributed by atoms with Gasteiger partial charge in [0, 0.05) is 45.8 Å². The van der Waals surface area contributed by atoms with Gasteiger partial charge in [-0.2, -0.15) is 0 Å². The molecule has 1 aliphatic heterocycles. The van der Waals surface area contributed by atoms with Crippen LogP contribution in [0.3, 0.4) is 0 Å². The van der Waals surface area contributed by atoms with Gasteiger partial charge in [-0.25, -0.2) is 0 Å². The van der Waals surface area contributed by atoms with Gasteiger partial charge in [-0.15, -0.1) is 0 Å². The average molecular weight is 401 g/mol. The summed E-state index contributed by atoms with van der Waals surface area (Å²) in [6, 6.07) is 18.6. The summed E-state index contributed by atoms with van der Waals surface area (Å²) in [5.74, 6) is 0.212. The first-order valence-electron chi connectivity index (χ1n) is 10.4. The van der Waals surface area contributed by atoms with Crippen LogP contribution >= 0.6 is 0 Å². The van der Waals surface area contributed by atoms with Crippen LogP contribution in [0.5, 0.6) is 0 Å². The minimum atomic E-state index is -0.392. The molecule has 0 spiro atoms. The van der Waals surface area contributed by atoms with Gasteiger partial charge in [0.2, 0.25) is 5.91 Å². The Balaban J connectivity index is 1.52. The molecule has 5 nitrogen and oxygen atoms in total. The van der Waals surface area contributed by atoms with Crippen molar-refractivity contribution in [3.05, 3.63) is 84.4 Å². The van der Waals surface area contributed by atoms with Gasteiger partial charge in [-0.3, -0.25) is 19.7 Å². The third-order valence-corrected chi connectivity index (χ3v) is 5.91. The van der Waals surface area contributed by atoms with Crippen LogP contribution in [-0.4, -0.2) is 52.9 Å². The van der Waals surface area contributed by atoms with Gasteiger partial charge in [0.1, 0.15) is 0 Å². The zero-order valence-electron chi connectivity index (χ0n) is 17.7. The van der Waals surface area contributed by atoms with Crippen LogP contribution in [0.15, 0.2) is 73.2 Å². The number of likely N-dealkylation sites (tertiary alicyclic amines) is 1. The van der Waals surface area contributed by atoms with E-state index < -0.39 is 5.41 Å². The molecule has 1 atom stereocenters. The number of benzene rings is 1. The molecule has 0 bridgehead atoms. The maximum absolute atomic E-state index is 13.2. The molecule has 1 unspecified atom stereocenters. The predicted molar refractivity (Wildman–Crippen MR) is 119 cm³/mol. The third kappa shape index (κ3) is 4.41. The number of amides is 1. The van der Waals surface area contributed by atoms with Crippen LogP contribution in [0.4, 0.5) is 0 Å². The lowest BCUT2D eigenvalue weighted by Gasteiger charge is -2.31. The van der Waals surface area contributed by atoms with Crippen LogP contribution in [0.2, 0.25) is 0 Å². The van der Waals surface area contributed by atoms with Crippen molar-refractivity contribution in [3.63, 3.8) is 0 Å². The highest BCUT2D eigenvalue weighted by Gasteiger charge is 2.45. The van der Waals surface area contributed by atoms with Gasteiger partial charge >= 0.3 is 0 Å². The van der Waals surface area contributed by atoms with Crippen LogP contribution < -0.4 is 0 Å². The molecule has 1 fully saturated rings. The smallest absolute Gasteiger partial charge is 0.229 e. The van der Waals surface area contributed by atoms with E-state index in [-0.39, 0.29) is 5.91 Å². The summed E-state index contributed by atoms with van der Waals surface area (Å²) >= 11 is 0. The molecule has 0 aliphatic carbocycles. The Labute approximate surface area is 178 Å². The van der Waals surface area contributed by atoms with E-state index >= 15 is 0 Å². The van der Waals surface area contributed by atoms with Crippen LogP contribution in [-0.2, 0) is 17.8 Å². The quantitative estimate of drug-likeness (QED) is 0.634. The monoisotopic (exact) mass is 400 g/mol. The number of carbonyl (C=O) groups is 1. The SMILES string of the molecule is CN(C)C(=O)C1(Cc2ccc(-c3ccncc3)cc2)CCN(Cc2ccccn2)C1. The van der Waals surface area contributed by atoms with E-state index in [2.05, 4.69) is 39.1 Å². The summed E-state index contributed by atoms with van der Waals surface area (Å²) in [5.41, 5.74) is 4.17. The molecule has 0 N–H and O–H groups in total. The van der Waals surface area contributed by atoms with Crippen molar-refractivity contribution in [2.75, 3.05) is 27.2 Å². The molecule has 4 rings (SSSR count). The van der Waals surface area contributed by atoms with E-state index in [0.717, 1.165) is 49.3 Å². The first kappa shape index (κ1) is 20.2. The number of aromatic nitrogens is 2. The largest absolute Gasteiger partial charge is 0.348 e. The standard InChI is InChI=1S/C25H28N4O/c1-28(2)24(30)25(12-16-29(19-25)18-23-5-3-4-13-27-23)17-20-6-8-21(9-7-20)22-10-14-26-15-11-22/h3-11,13-15H,12,16-19H2,1-2H3. The number of carbonyl (C=O) groups excluding carboxylic acids is 1. The minimum Gasteiger partial charge on any atom is -0.348 e. The third-order valence-electron chi connectivity index (χ3n) is 5.91. The van der Waals surface area contributed by atoms with Gasteiger partial charge in [0.05, 0.1) is 11.1 Å². The summed E-state index contributed by atoms with van der Waals surface area (Å²) < 4.78 is 0. The fourth-order valence-electron chi connectivity index (χ4n) is 4.43. The summed E-state index contributed by atoms with van der Waals surface area (Å²) in [4.78, 5) is 25.9. The van der Waals surface area contributed by atoms with Gasteiger partial charge in [-0.1, -0.05) is 30.3 Å². The van der Waals surface area contributed by atoms with Crippen molar-refractivity contribution in [2.45, 2.75) is 19.4 Å². The lowest BCUT2D eigenvalue weighted by molar-refractivity contribution is -0.138. The van der Waals surface area contributed by atoms with Gasteiger partial charge < -0.3 is 4.90 Å². The molecule has 1 aromatic carbocycles. The van der Waals surface area contributed by atoms with Crippen molar-refractivity contribution >= 4 is 5.91 Å². The Morgan fingerprint density at radius 2 is 1.73 bits per heavy atom. The molecule has 5 heteroatoms. The van der Waals surface area contributed by atoms with E-state index in [1.54, 1.807) is 4.90 Å². The number of nitrogens with zero attached hydrogens (tertiary/aromatic N) is 4. The molecule has 0 saturated carbocycles. The zero-order valence-corrected chi connectivity index (χ0v) is 17.7. The van der Waals surface area contributed by atoms with E-state index in [9.17, 15) is 4.79 Å². The fraction of sp³-hybridized carbons (Fsp3) is 0.320. The second-order valence-corrected chi connectivity index (χ2v) is 8.37. The van der Waals surface area contributed by atoms with E-state index in [1.165, 1.54) is 5.56 Å². The van der Waals surface area contributed by atoms with Crippen molar-refractivity contribution in [1.82, 2.24) is 19.8 Å². The Bertz CT molecular complexity index is 973. The summed E-state index contributed by atoms with van der Waals surface area (Å²) in [7, 11) is 3.72. The van der Waals surface area contributed by atoms with E-state index in [1.807, 2.05) is 63.0 Å². The van der Waals surface area contributed by atoms with Crippen LogP contribution in [0, 0.1) is 5.41 Å². The molecule has 154 valence electrons. The molecule has 0 radical (unpaired) electrons. The normalized spacial score (nSPS) is 19.0. The highest BCUT2D eigenvalue weighted by molar-refractivity contribution is 5.83. The van der Waals surface area contributed by atoms with Crippen molar-refractivity contribution in [1.29, 1.82) is 0 Å². The lowest BCUT2D eigenvalue weighted by atomic mass is 9.79. The minimum absolute atomic E-state index is 0.212. The predicted octanol–water partition coefficient (Wildman–Crippen LogP) is 3.67. The maximum atomic E-state index is 13.2. The zero-order chi connectivity index (χ0) is 21.0. The number of rotatable bonds is 6. The Morgan fingerprint density at radius 3 is 2.40 bits per heavy atom. The Morgan fingerprint density at radius 1 is 1.00 bits per heavy atom. The van der Waals surface area contributed by atoms with Gasteiger partial charge in [-0.05, 0) is 60.3 Å². The molecule has 1 amide bonds. The highest BCUT2D eigenvalue weighted by atomic mass is 16.2. The maximum Gasteiger partial charge on any atom is 0.229 e. The second-order valence-electron chi connectivity index (χ2n) is 8.37. The summed E-state index contributed by atoms with van der Waals surface area (Å²) in [6.45, 7) is 2.45. The topological polar surface area (TPSA) is 49.3 Å². The molecular formula is C25H28N4O. The molecule has 1 saturated heterocycles. The second kappa shape index (κ2) is 8.76. The molecule has 3 heterocycles. The first-order chi connectivity index (χ1) is 14.6. The van der Waals surface area contributed by atoms with Crippen molar-refractivity contribution in [3.8, 4) is 11.1 Å².